The normalized spacial score (nSPS) is 19.5. The molecule has 1 aliphatic heterocycles. The number of hydrogen-bond acceptors (Lipinski definition) is 4. The summed E-state index contributed by atoms with van der Waals surface area (Å²) in [6, 6.07) is 7.96. The fraction of sp³-hybridized carbons (Fsp3) is 0.429. The summed E-state index contributed by atoms with van der Waals surface area (Å²) in [7, 11) is 0. The first-order valence-corrected chi connectivity index (χ1v) is 8.03. The zero-order chi connectivity index (χ0) is 13.1. The van der Waals surface area contributed by atoms with Gasteiger partial charge in [0.2, 0.25) is 5.28 Å². The van der Waals surface area contributed by atoms with Crippen molar-refractivity contribution in [2.24, 2.45) is 0 Å². The topological polar surface area (TPSA) is 37.8 Å². The summed E-state index contributed by atoms with van der Waals surface area (Å²) in [5.41, 5.74) is 0.890. The average Bonchev–Trinajstić information content (AvgIpc) is 2.45. The van der Waals surface area contributed by atoms with Crippen LogP contribution in [-0.2, 0) is 0 Å². The van der Waals surface area contributed by atoms with Gasteiger partial charge in [-0.15, -0.1) is 0 Å². The standard InChI is InChI=1S/C14H16ClN3S/c15-14-17-12-7-2-1-6-11(12)13(18-14)16-9-10-5-3-4-8-19-10/h1-2,6-7,10H,3-5,8-9H2,(H,16,17,18). The summed E-state index contributed by atoms with van der Waals surface area (Å²) in [5, 5.41) is 5.46. The number of nitrogens with zero attached hydrogens (tertiary/aromatic N) is 2. The van der Waals surface area contributed by atoms with Crippen molar-refractivity contribution in [3.8, 4) is 0 Å². The van der Waals surface area contributed by atoms with Crippen LogP contribution in [0.4, 0.5) is 5.82 Å². The van der Waals surface area contributed by atoms with E-state index in [0.29, 0.717) is 10.5 Å². The first kappa shape index (κ1) is 13.0. The van der Waals surface area contributed by atoms with Crippen LogP contribution in [0.25, 0.3) is 10.9 Å². The van der Waals surface area contributed by atoms with Crippen LogP contribution in [0.5, 0.6) is 0 Å². The van der Waals surface area contributed by atoms with Gasteiger partial charge in [-0.3, -0.25) is 0 Å². The molecule has 1 saturated heterocycles. The predicted octanol–water partition coefficient (Wildman–Crippen LogP) is 3.98. The van der Waals surface area contributed by atoms with Crippen molar-refractivity contribution in [1.29, 1.82) is 0 Å². The van der Waals surface area contributed by atoms with Crippen molar-refractivity contribution in [3.05, 3.63) is 29.5 Å². The van der Waals surface area contributed by atoms with Gasteiger partial charge in [0.05, 0.1) is 5.52 Å². The van der Waals surface area contributed by atoms with Crippen LogP contribution in [0, 0.1) is 0 Å². The molecule has 1 N–H and O–H groups in total. The summed E-state index contributed by atoms with van der Waals surface area (Å²) in [4.78, 5) is 8.56. The fourth-order valence-corrected chi connectivity index (χ4v) is 3.78. The van der Waals surface area contributed by atoms with E-state index in [0.717, 1.165) is 23.3 Å². The SMILES string of the molecule is Clc1nc(NCC2CCCCS2)c2ccccc2n1. The monoisotopic (exact) mass is 293 g/mol. The van der Waals surface area contributed by atoms with E-state index in [9.17, 15) is 0 Å². The van der Waals surface area contributed by atoms with Gasteiger partial charge in [0.15, 0.2) is 0 Å². The maximum atomic E-state index is 5.98. The number of halogens is 1. The summed E-state index contributed by atoms with van der Waals surface area (Å²) in [6.07, 6.45) is 3.97. The van der Waals surface area contributed by atoms with Crippen LogP contribution >= 0.6 is 23.4 Å². The lowest BCUT2D eigenvalue weighted by Crippen LogP contribution is -2.20. The molecule has 3 nitrogen and oxygen atoms in total. The molecule has 1 fully saturated rings. The van der Waals surface area contributed by atoms with Crippen LogP contribution in [0.1, 0.15) is 19.3 Å². The number of hydrogen-bond donors (Lipinski definition) is 1. The second kappa shape index (κ2) is 5.97. The number of benzene rings is 1. The van der Waals surface area contributed by atoms with Crippen LogP contribution in [0.3, 0.4) is 0 Å². The molecule has 5 heteroatoms. The van der Waals surface area contributed by atoms with Crippen molar-refractivity contribution >= 4 is 40.1 Å². The molecular formula is C14H16ClN3S. The lowest BCUT2D eigenvalue weighted by molar-refractivity contribution is 0.677. The Hall–Kier alpha value is -1.00. The van der Waals surface area contributed by atoms with Gasteiger partial charge in [-0.05, 0) is 42.3 Å². The third-order valence-corrected chi connectivity index (χ3v) is 4.91. The molecule has 2 aromatic rings. The van der Waals surface area contributed by atoms with Crippen LogP contribution in [0.2, 0.25) is 5.28 Å². The maximum absolute atomic E-state index is 5.98. The highest BCUT2D eigenvalue weighted by Crippen LogP contribution is 2.27. The van der Waals surface area contributed by atoms with Gasteiger partial charge in [-0.1, -0.05) is 18.6 Å². The van der Waals surface area contributed by atoms with Crippen LogP contribution in [-0.4, -0.2) is 27.5 Å². The molecule has 0 amide bonds. The van der Waals surface area contributed by atoms with Crippen molar-refractivity contribution in [3.63, 3.8) is 0 Å². The van der Waals surface area contributed by atoms with Gasteiger partial charge < -0.3 is 5.32 Å². The molecule has 1 unspecified atom stereocenters. The highest BCUT2D eigenvalue weighted by atomic mass is 35.5. The Bertz CT molecular complexity index is 570. The number of rotatable bonds is 3. The Labute approximate surface area is 122 Å². The summed E-state index contributed by atoms with van der Waals surface area (Å²) in [6.45, 7) is 0.946. The number of thioether (sulfide) groups is 1. The number of anilines is 1. The summed E-state index contributed by atoms with van der Waals surface area (Å²) in [5.74, 6) is 2.12. The third-order valence-electron chi connectivity index (χ3n) is 3.35. The number of para-hydroxylation sites is 1. The second-order valence-electron chi connectivity index (χ2n) is 4.73. The molecule has 3 rings (SSSR count). The van der Waals surface area contributed by atoms with E-state index in [1.807, 2.05) is 24.3 Å². The van der Waals surface area contributed by atoms with Gasteiger partial charge in [0, 0.05) is 17.2 Å². The van der Waals surface area contributed by atoms with E-state index < -0.39 is 0 Å². The Morgan fingerprint density at radius 3 is 3.00 bits per heavy atom. The molecule has 1 atom stereocenters. The van der Waals surface area contributed by atoms with Crippen molar-refractivity contribution in [1.82, 2.24) is 9.97 Å². The second-order valence-corrected chi connectivity index (χ2v) is 6.47. The first-order chi connectivity index (χ1) is 9.33. The molecule has 1 aliphatic rings. The molecule has 2 heterocycles. The average molecular weight is 294 g/mol. The van der Waals surface area contributed by atoms with Crippen molar-refractivity contribution in [2.45, 2.75) is 24.5 Å². The number of aromatic nitrogens is 2. The largest absolute Gasteiger partial charge is 0.368 e. The molecular weight excluding hydrogens is 278 g/mol. The number of fused-ring (bicyclic) bond motifs is 1. The predicted molar refractivity (Wildman–Crippen MR) is 83.1 cm³/mol. The maximum Gasteiger partial charge on any atom is 0.224 e. The Kier molecular flexibility index (Phi) is 4.09. The van der Waals surface area contributed by atoms with E-state index in [2.05, 4.69) is 27.0 Å². The van der Waals surface area contributed by atoms with Gasteiger partial charge >= 0.3 is 0 Å². The fourth-order valence-electron chi connectivity index (χ4n) is 2.36. The summed E-state index contributed by atoms with van der Waals surface area (Å²) < 4.78 is 0. The molecule has 0 bridgehead atoms. The van der Waals surface area contributed by atoms with Gasteiger partial charge in [0.1, 0.15) is 5.82 Å². The van der Waals surface area contributed by atoms with E-state index in [1.165, 1.54) is 25.0 Å². The molecule has 1 aromatic heterocycles. The Morgan fingerprint density at radius 1 is 1.26 bits per heavy atom. The highest BCUT2D eigenvalue weighted by molar-refractivity contribution is 7.99. The van der Waals surface area contributed by atoms with E-state index in [4.69, 9.17) is 11.6 Å². The molecule has 1 aromatic carbocycles. The first-order valence-electron chi connectivity index (χ1n) is 6.61. The summed E-state index contributed by atoms with van der Waals surface area (Å²) >= 11 is 8.03. The number of nitrogens with one attached hydrogen (secondary N) is 1. The van der Waals surface area contributed by atoms with Crippen LogP contribution in [0.15, 0.2) is 24.3 Å². The molecule has 0 radical (unpaired) electrons. The Balaban J connectivity index is 1.79. The van der Waals surface area contributed by atoms with Crippen molar-refractivity contribution < 1.29 is 0 Å². The lowest BCUT2D eigenvalue weighted by atomic mass is 10.2. The highest BCUT2D eigenvalue weighted by Gasteiger charge is 2.14. The smallest absolute Gasteiger partial charge is 0.224 e. The molecule has 0 spiro atoms. The molecule has 100 valence electrons. The quantitative estimate of drug-likeness (QED) is 0.869. The minimum atomic E-state index is 0.303. The zero-order valence-corrected chi connectivity index (χ0v) is 12.2. The van der Waals surface area contributed by atoms with E-state index >= 15 is 0 Å². The van der Waals surface area contributed by atoms with Crippen molar-refractivity contribution in [2.75, 3.05) is 17.6 Å². The Morgan fingerprint density at radius 2 is 2.16 bits per heavy atom. The minimum Gasteiger partial charge on any atom is -0.368 e. The molecule has 19 heavy (non-hydrogen) atoms. The third kappa shape index (κ3) is 3.12. The lowest BCUT2D eigenvalue weighted by Gasteiger charge is -2.22. The minimum absolute atomic E-state index is 0.303. The molecule has 0 saturated carbocycles. The molecule has 0 aliphatic carbocycles. The van der Waals surface area contributed by atoms with Crippen LogP contribution < -0.4 is 5.32 Å². The van der Waals surface area contributed by atoms with Gasteiger partial charge in [-0.2, -0.15) is 11.8 Å². The van der Waals surface area contributed by atoms with Gasteiger partial charge in [0.25, 0.3) is 0 Å². The van der Waals surface area contributed by atoms with E-state index in [1.54, 1.807) is 0 Å². The zero-order valence-electron chi connectivity index (χ0n) is 10.6. The van der Waals surface area contributed by atoms with E-state index in [-0.39, 0.29) is 0 Å². The van der Waals surface area contributed by atoms with Gasteiger partial charge in [-0.25, -0.2) is 9.97 Å².